The highest BCUT2D eigenvalue weighted by Gasteiger charge is 2.10. The van der Waals surface area contributed by atoms with Gasteiger partial charge in [-0.1, -0.05) is 5.21 Å². The fourth-order valence-corrected chi connectivity index (χ4v) is 1.50. The zero-order valence-electron chi connectivity index (χ0n) is 8.32. The normalized spacial score (nSPS) is 10.3. The Hall–Kier alpha value is -1.76. The van der Waals surface area contributed by atoms with Gasteiger partial charge in [-0.25, -0.2) is 4.68 Å². The van der Waals surface area contributed by atoms with Crippen LogP contribution in [-0.4, -0.2) is 31.2 Å². The van der Waals surface area contributed by atoms with Gasteiger partial charge in [0.25, 0.3) is 0 Å². The first-order valence-corrected chi connectivity index (χ1v) is 5.23. The lowest BCUT2D eigenvalue weighted by Crippen LogP contribution is -1.98. The Morgan fingerprint density at radius 2 is 2.19 bits per heavy atom. The van der Waals surface area contributed by atoms with Crippen molar-refractivity contribution in [2.24, 2.45) is 0 Å². The first kappa shape index (κ1) is 10.7. The van der Waals surface area contributed by atoms with Crippen molar-refractivity contribution in [3.05, 3.63) is 24.3 Å². The molecule has 0 atom stereocenters. The maximum absolute atomic E-state index is 10.3. The summed E-state index contributed by atoms with van der Waals surface area (Å²) in [6.45, 7) is 0.184. The second-order valence-electron chi connectivity index (χ2n) is 3.00. The minimum atomic E-state index is 0.184. The summed E-state index contributed by atoms with van der Waals surface area (Å²) in [5.41, 5.74) is 1.98. The van der Waals surface area contributed by atoms with Crippen LogP contribution in [0.15, 0.2) is 18.6 Å². The van der Waals surface area contributed by atoms with Crippen molar-refractivity contribution in [1.82, 2.24) is 25.0 Å². The highest BCUT2D eigenvalue weighted by molar-refractivity contribution is 7.79. The van der Waals surface area contributed by atoms with Crippen LogP contribution in [0.4, 0.5) is 0 Å². The molecule has 0 aromatic carbocycles. The van der Waals surface area contributed by atoms with Crippen molar-refractivity contribution in [1.29, 1.82) is 0 Å². The second-order valence-corrected chi connectivity index (χ2v) is 3.32. The van der Waals surface area contributed by atoms with Gasteiger partial charge in [-0.15, -0.1) is 5.10 Å². The minimum Gasteiger partial charge on any atom is -0.301 e. The molecule has 2 aromatic heterocycles. The molecule has 6 nitrogen and oxygen atoms in total. The number of aldehydes is 1. The van der Waals surface area contributed by atoms with Crippen LogP contribution in [0.3, 0.4) is 0 Å². The molecule has 2 heterocycles. The van der Waals surface area contributed by atoms with Gasteiger partial charge in [0.2, 0.25) is 0 Å². The molecule has 0 radical (unpaired) electrons. The van der Waals surface area contributed by atoms with E-state index < -0.39 is 0 Å². The first-order chi connectivity index (χ1) is 7.85. The molecule has 7 heteroatoms. The summed E-state index contributed by atoms with van der Waals surface area (Å²) in [6.07, 6.45) is 5.60. The van der Waals surface area contributed by atoms with Gasteiger partial charge in [-0.2, -0.15) is 12.6 Å². The molecule has 0 bridgehead atoms. The van der Waals surface area contributed by atoms with Crippen LogP contribution >= 0.6 is 12.6 Å². The number of carbonyl (C=O) groups excluding carboxylic acids is 1. The van der Waals surface area contributed by atoms with Gasteiger partial charge < -0.3 is 4.79 Å². The smallest absolute Gasteiger partial charge is 0.141 e. The van der Waals surface area contributed by atoms with E-state index in [0.717, 1.165) is 12.0 Å². The van der Waals surface area contributed by atoms with E-state index in [1.54, 1.807) is 18.6 Å². The zero-order valence-corrected chi connectivity index (χ0v) is 9.21. The van der Waals surface area contributed by atoms with E-state index >= 15 is 0 Å². The Balaban J connectivity index is 2.38. The average molecular weight is 235 g/mol. The van der Waals surface area contributed by atoms with Crippen LogP contribution in [-0.2, 0) is 17.1 Å². The molecule has 16 heavy (non-hydrogen) atoms. The molecular weight excluding hydrogens is 226 g/mol. The van der Waals surface area contributed by atoms with E-state index in [1.165, 1.54) is 4.68 Å². The Kier molecular flexibility index (Phi) is 3.25. The lowest BCUT2D eigenvalue weighted by Gasteiger charge is -1.99. The van der Waals surface area contributed by atoms with Crippen molar-refractivity contribution in [3.8, 4) is 11.4 Å². The van der Waals surface area contributed by atoms with Crippen molar-refractivity contribution in [2.75, 3.05) is 0 Å². The van der Waals surface area contributed by atoms with Crippen LogP contribution in [0.1, 0.15) is 5.69 Å². The van der Waals surface area contributed by atoms with Gasteiger partial charge in [0.05, 0.1) is 18.4 Å². The van der Waals surface area contributed by atoms with E-state index in [9.17, 15) is 4.79 Å². The molecule has 82 valence electrons. The molecule has 2 aromatic rings. The topological polar surface area (TPSA) is 73.6 Å². The quantitative estimate of drug-likeness (QED) is 0.612. The largest absolute Gasteiger partial charge is 0.301 e. The summed E-state index contributed by atoms with van der Waals surface area (Å²) in [6, 6.07) is 0. The Morgan fingerprint density at radius 1 is 1.38 bits per heavy atom. The molecule has 0 N–H and O–H groups in total. The maximum atomic E-state index is 10.3. The summed E-state index contributed by atoms with van der Waals surface area (Å²) < 4.78 is 1.44. The number of hydrogen-bond acceptors (Lipinski definition) is 6. The van der Waals surface area contributed by atoms with Gasteiger partial charge in [-0.3, -0.25) is 9.97 Å². The third-order valence-electron chi connectivity index (χ3n) is 1.97. The van der Waals surface area contributed by atoms with E-state index in [4.69, 9.17) is 0 Å². The highest BCUT2D eigenvalue weighted by atomic mass is 32.1. The van der Waals surface area contributed by atoms with Crippen LogP contribution in [0.25, 0.3) is 11.4 Å². The van der Waals surface area contributed by atoms with Crippen molar-refractivity contribution >= 4 is 18.9 Å². The molecule has 0 aliphatic rings. The van der Waals surface area contributed by atoms with Crippen LogP contribution in [0, 0.1) is 0 Å². The molecule has 2 rings (SSSR count). The summed E-state index contributed by atoms with van der Waals surface area (Å²) >= 11 is 4.16. The number of rotatable bonds is 4. The molecule has 0 spiro atoms. The number of carbonyl (C=O) groups is 1. The molecule has 0 aliphatic heterocycles. The van der Waals surface area contributed by atoms with E-state index in [0.29, 0.717) is 17.1 Å². The summed E-state index contributed by atoms with van der Waals surface area (Å²) in [5, 5.41) is 7.73. The summed E-state index contributed by atoms with van der Waals surface area (Å²) in [5.74, 6) is 0.476. The number of aromatic nitrogens is 5. The Morgan fingerprint density at radius 3 is 2.94 bits per heavy atom. The summed E-state index contributed by atoms with van der Waals surface area (Å²) in [7, 11) is 0. The third-order valence-corrected chi connectivity index (χ3v) is 2.27. The Labute approximate surface area is 97.1 Å². The molecule has 0 fully saturated rings. The Bertz CT molecular complexity index is 498. The van der Waals surface area contributed by atoms with Crippen molar-refractivity contribution in [3.63, 3.8) is 0 Å². The average Bonchev–Trinajstić information content (AvgIpc) is 2.78. The molecule has 0 amide bonds. The van der Waals surface area contributed by atoms with E-state index in [2.05, 4.69) is 32.9 Å². The van der Waals surface area contributed by atoms with E-state index in [1.807, 2.05) is 0 Å². The van der Waals surface area contributed by atoms with Gasteiger partial charge >= 0.3 is 0 Å². The fraction of sp³-hybridized carbons (Fsp3) is 0.222. The third kappa shape index (κ3) is 2.08. The molecule has 0 saturated heterocycles. The predicted octanol–water partition coefficient (Wildman–Crippen LogP) is 0.364. The maximum Gasteiger partial charge on any atom is 0.141 e. The zero-order chi connectivity index (χ0) is 11.4. The van der Waals surface area contributed by atoms with Crippen LogP contribution < -0.4 is 0 Å². The second kappa shape index (κ2) is 4.84. The molecule has 0 saturated carbocycles. The summed E-state index contributed by atoms with van der Waals surface area (Å²) in [4.78, 5) is 18.6. The van der Waals surface area contributed by atoms with Crippen LogP contribution in [0.2, 0.25) is 0 Å². The van der Waals surface area contributed by atoms with Crippen molar-refractivity contribution < 1.29 is 4.79 Å². The number of nitrogens with zero attached hydrogens (tertiary/aromatic N) is 5. The first-order valence-electron chi connectivity index (χ1n) is 4.60. The molecule has 0 unspecified atom stereocenters. The minimum absolute atomic E-state index is 0.184. The van der Waals surface area contributed by atoms with Gasteiger partial charge in [-0.05, 0) is 0 Å². The van der Waals surface area contributed by atoms with E-state index in [-0.39, 0.29) is 6.54 Å². The van der Waals surface area contributed by atoms with Crippen LogP contribution in [0.5, 0.6) is 0 Å². The van der Waals surface area contributed by atoms with Gasteiger partial charge in [0.1, 0.15) is 17.7 Å². The van der Waals surface area contributed by atoms with Gasteiger partial charge in [0.15, 0.2) is 0 Å². The lowest BCUT2D eigenvalue weighted by molar-refractivity contribution is -0.108. The predicted molar refractivity (Wildman–Crippen MR) is 59.8 cm³/mol. The number of thiol groups is 1. The lowest BCUT2D eigenvalue weighted by atomic mass is 10.2. The molecular formula is C9H9N5OS. The monoisotopic (exact) mass is 235 g/mol. The fourth-order valence-electron chi connectivity index (χ4n) is 1.27. The SMILES string of the molecule is O=CCn1cc(-c2nccnc2CS)nn1. The van der Waals surface area contributed by atoms with Gasteiger partial charge in [0, 0.05) is 18.1 Å². The standard InChI is InChI=1S/C9H9N5OS/c15-4-3-14-5-7(12-13-14)9-8(6-16)10-1-2-11-9/h1-2,4-5,16H,3,6H2. The molecule has 0 aliphatic carbocycles. The highest BCUT2D eigenvalue weighted by Crippen LogP contribution is 2.17. The van der Waals surface area contributed by atoms with Crippen molar-refractivity contribution in [2.45, 2.75) is 12.3 Å². The number of hydrogen-bond donors (Lipinski definition) is 1.